The van der Waals surface area contributed by atoms with Gasteiger partial charge in [-0.1, -0.05) is 43.3 Å². The minimum Gasteiger partial charge on any atom is -0.496 e. The molecule has 1 fully saturated rings. The van der Waals surface area contributed by atoms with Gasteiger partial charge in [-0.25, -0.2) is 0 Å². The Labute approximate surface area is 160 Å². The highest BCUT2D eigenvalue weighted by Crippen LogP contribution is 2.38. The first-order valence-corrected chi connectivity index (χ1v) is 9.40. The second kappa shape index (κ2) is 8.71. The van der Waals surface area contributed by atoms with Gasteiger partial charge in [0.25, 0.3) is 5.91 Å². The van der Waals surface area contributed by atoms with Crippen LogP contribution in [0.5, 0.6) is 5.75 Å². The zero-order valence-electron chi connectivity index (χ0n) is 15.9. The van der Waals surface area contributed by atoms with Crippen LogP contribution in [0.25, 0.3) is 0 Å². The molecule has 5 heteroatoms. The smallest absolute Gasteiger partial charge is 0.253 e. The molecule has 0 bridgehead atoms. The van der Waals surface area contributed by atoms with E-state index in [1.807, 2.05) is 61.5 Å². The van der Waals surface area contributed by atoms with E-state index in [1.54, 1.807) is 12.0 Å². The fourth-order valence-electron chi connectivity index (χ4n) is 3.67. The van der Waals surface area contributed by atoms with Crippen molar-refractivity contribution >= 4 is 11.8 Å². The molecule has 0 aliphatic carbocycles. The molecule has 1 N–H and O–H groups in total. The standard InChI is InChI=1S/C22H26N2O3/c1-3-13-23-21(25)19-15-24(22(26)16-9-5-4-6-10-16)14-18(19)17-11-7-8-12-20(17)27-2/h4-12,18-19H,3,13-15H2,1-2H3,(H,23,25). The summed E-state index contributed by atoms with van der Waals surface area (Å²) >= 11 is 0. The Morgan fingerprint density at radius 1 is 1.07 bits per heavy atom. The molecular weight excluding hydrogens is 340 g/mol. The summed E-state index contributed by atoms with van der Waals surface area (Å²) in [5.41, 5.74) is 1.62. The maximum Gasteiger partial charge on any atom is 0.253 e. The first-order valence-electron chi connectivity index (χ1n) is 9.40. The highest BCUT2D eigenvalue weighted by Gasteiger charge is 2.41. The predicted octanol–water partition coefficient (Wildman–Crippen LogP) is 3.08. The maximum atomic E-state index is 12.9. The lowest BCUT2D eigenvalue weighted by molar-refractivity contribution is -0.124. The van der Waals surface area contributed by atoms with Crippen LogP contribution in [0, 0.1) is 5.92 Å². The Bertz CT molecular complexity index is 791. The van der Waals surface area contributed by atoms with Crippen LogP contribution in [0.4, 0.5) is 0 Å². The van der Waals surface area contributed by atoms with Crippen LogP contribution in [0.3, 0.4) is 0 Å². The number of likely N-dealkylation sites (tertiary alicyclic amines) is 1. The van der Waals surface area contributed by atoms with Gasteiger partial charge in [0.15, 0.2) is 0 Å². The predicted molar refractivity (Wildman–Crippen MR) is 105 cm³/mol. The minimum absolute atomic E-state index is 0.00359. The highest BCUT2D eigenvalue weighted by atomic mass is 16.5. The largest absolute Gasteiger partial charge is 0.496 e. The molecule has 1 aliphatic heterocycles. The van der Waals surface area contributed by atoms with Crippen molar-refractivity contribution in [2.24, 2.45) is 5.92 Å². The number of hydrogen-bond acceptors (Lipinski definition) is 3. The molecule has 2 atom stereocenters. The number of rotatable bonds is 6. The number of benzene rings is 2. The van der Waals surface area contributed by atoms with Crippen LogP contribution in [-0.2, 0) is 4.79 Å². The molecule has 142 valence electrons. The second-order valence-electron chi connectivity index (χ2n) is 6.82. The third kappa shape index (κ3) is 4.13. The van der Waals surface area contributed by atoms with Crippen LogP contribution in [0.1, 0.15) is 35.2 Å². The van der Waals surface area contributed by atoms with Crippen LogP contribution in [0.15, 0.2) is 54.6 Å². The summed E-state index contributed by atoms with van der Waals surface area (Å²) in [6.45, 7) is 3.57. The molecule has 0 saturated carbocycles. The molecule has 3 rings (SSSR count). The fourth-order valence-corrected chi connectivity index (χ4v) is 3.67. The Balaban J connectivity index is 1.89. The number of carbonyl (C=O) groups excluding carboxylic acids is 2. The third-order valence-corrected chi connectivity index (χ3v) is 5.05. The fraction of sp³-hybridized carbons (Fsp3) is 0.364. The molecule has 0 aromatic heterocycles. The lowest BCUT2D eigenvalue weighted by Crippen LogP contribution is -2.36. The summed E-state index contributed by atoms with van der Waals surface area (Å²) in [5, 5.41) is 2.99. The van der Waals surface area contributed by atoms with Gasteiger partial charge in [-0.15, -0.1) is 0 Å². The van der Waals surface area contributed by atoms with Crippen LogP contribution in [-0.4, -0.2) is 43.5 Å². The Morgan fingerprint density at radius 3 is 2.48 bits per heavy atom. The van der Waals surface area contributed by atoms with Gasteiger partial charge in [-0.3, -0.25) is 9.59 Å². The number of methoxy groups -OCH3 is 1. The molecule has 0 radical (unpaired) electrons. The SMILES string of the molecule is CCCNC(=O)C1CN(C(=O)c2ccccc2)CC1c1ccccc1OC. The van der Waals surface area contributed by atoms with Crippen molar-refractivity contribution in [1.29, 1.82) is 0 Å². The van der Waals surface area contributed by atoms with Crippen LogP contribution >= 0.6 is 0 Å². The number of amides is 2. The van der Waals surface area contributed by atoms with Gasteiger partial charge in [0.05, 0.1) is 13.0 Å². The van der Waals surface area contributed by atoms with Gasteiger partial charge in [-0.2, -0.15) is 0 Å². The molecule has 2 unspecified atom stereocenters. The maximum absolute atomic E-state index is 12.9. The summed E-state index contributed by atoms with van der Waals surface area (Å²) in [6.07, 6.45) is 0.879. The lowest BCUT2D eigenvalue weighted by atomic mass is 9.87. The quantitative estimate of drug-likeness (QED) is 0.855. The van der Waals surface area contributed by atoms with Crippen molar-refractivity contribution in [1.82, 2.24) is 10.2 Å². The molecule has 2 amide bonds. The molecule has 5 nitrogen and oxygen atoms in total. The Hall–Kier alpha value is -2.82. The molecule has 0 spiro atoms. The van der Waals surface area contributed by atoms with E-state index in [9.17, 15) is 9.59 Å². The number of nitrogens with zero attached hydrogens (tertiary/aromatic N) is 1. The number of para-hydroxylation sites is 1. The van der Waals surface area contributed by atoms with E-state index in [4.69, 9.17) is 4.74 Å². The summed E-state index contributed by atoms with van der Waals surface area (Å²) in [6, 6.07) is 17.0. The first kappa shape index (κ1) is 19.0. The zero-order valence-corrected chi connectivity index (χ0v) is 15.9. The lowest BCUT2D eigenvalue weighted by Gasteiger charge is -2.20. The van der Waals surface area contributed by atoms with Gasteiger partial charge in [0.2, 0.25) is 5.91 Å². The molecule has 1 saturated heterocycles. The van der Waals surface area contributed by atoms with Gasteiger partial charge < -0.3 is 15.0 Å². The van der Waals surface area contributed by atoms with Crippen LogP contribution < -0.4 is 10.1 Å². The monoisotopic (exact) mass is 366 g/mol. The van der Waals surface area contributed by atoms with Crippen LogP contribution in [0.2, 0.25) is 0 Å². The van der Waals surface area contributed by atoms with Crippen molar-refractivity contribution in [3.8, 4) is 5.75 Å². The molecule has 2 aromatic rings. The van der Waals surface area contributed by atoms with E-state index >= 15 is 0 Å². The van der Waals surface area contributed by atoms with E-state index in [2.05, 4.69) is 5.32 Å². The molecule has 1 aliphatic rings. The van der Waals surface area contributed by atoms with Crippen molar-refractivity contribution in [2.75, 3.05) is 26.7 Å². The van der Waals surface area contributed by atoms with E-state index in [1.165, 1.54) is 0 Å². The van der Waals surface area contributed by atoms with Gasteiger partial charge in [0, 0.05) is 31.1 Å². The molecule has 2 aromatic carbocycles. The number of hydrogen-bond donors (Lipinski definition) is 1. The molecule has 27 heavy (non-hydrogen) atoms. The van der Waals surface area contributed by atoms with Crippen molar-refractivity contribution < 1.29 is 14.3 Å². The summed E-state index contributed by atoms with van der Waals surface area (Å²) < 4.78 is 5.51. The third-order valence-electron chi connectivity index (χ3n) is 5.05. The zero-order chi connectivity index (χ0) is 19.2. The summed E-state index contributed by atoms with van der Waals surface area (Å²) in [4.78, 5) is 27.5. The number of nitrogens with one attached hydrogen (secondary N) is 1. The molecule has 1 heterocycles. The Morgan fingerprint density at radius 2 is 1.78 bits per heavy atom. The highest BCUT2D eigenvalue weighted by molar-refractivity contribution is 5.95. The first-order chi connectivity index (χ1) is 13.2. The average molecular weight is 366 g/mol. The average Bonchev–Trinajstić information content (AvgIpc) is 3.17. The van der Waals surface area contributed by atoms with Crippen molar-refractivity contribution in [2.45, 2.75) is 19.3 Å². The van der Waals surface area contributed by atoms with Gasteiger partial charge >= 0.3 is 0 Å². The number of carbonyl (C=O) groups is 2. The van der Waals surface area contributed by atoms with Gasteiger partial charge in [-0.05, 0) is 30.2 Å². The van der Waals surface area contributed by atoms with Gasteiger partial charge in [0.1, 0.15) is 5.75 Å². The normalized spacial score (nSPS) is 19.0. The second-order valence-corrected chi connectivity index (χ2v) is 6.82. The summed E-state index contributed by atoms with van der Waals surface area (Å²) in [7, 11) is 1.63. The summed E-state index contributed by atoms with van der Waals surface area (Å²) in [5.74, 6) is 0.327. The van der Waals surface area contributed by atoms with E-state index < -0.39 is 0 Å². The minimum atomic E-state index is -0.291. The van der Waals surface area contributed by atoms with E-state index in [-0.39, 0.29) is 23.7 Å². The van der Waals surface area contributed by atoms with Crippen molar-refractivity contribution in [3.63, 3.8) is 0 Å². The molecular formula is C22H26N2O3. The number of ether oxygens (including phenoxy) is 1. The van der Waals surface area contributed by atoms with E-state index in [0.29, 0.717) is 25.2 Å². The Kier molecular flexibility index (Phi) is 6.12. The topological polar surface area (TPSA) is 58.6 Å². The van der Waals surface area contributed by atoms with E-state index in [0.717, 1.165) is 17.7 Å². The van der Waals surface area contributed by atoms with Crippen molar-refractivity contribution in [3.05, 3.63) is 65.7 Å².